The number of aromatic nitrogens is 5. The van der Waals surface area contributed by atoms with E-state index in [9.17, 15) is 18.4 Å². The van der Waals surface area contributed by atoms with Crippen molar-refractivity contribution < 1.29 is 13.6 Å². The van der Waals surface area contributed by atoms with Crippen LogP contribution in [0.4, 0.5) is 8.78 Å². The number of benzene rings is 1. The molecule has 23 heavy (non-hydrogen) atoms. The molecule has 1 aromatic carbocycles. The summed E-state index contributed by atoms with van der Waals surface area (Å²) in [6.07, 6.45) is 1.14. The predicted molar refractivity (Wildman–Crippen MR) is 74.9 cm³/mol. The van der Waals surface area contributed by atoms with Crippen LogP contribution >= 0.6 is 0 Å². The first-order valence-electron chi connectivity index (χ1n) is 6.48. The van der Waals surface area contributed by atoms with Gasteiger partial charge in [0, 0.05) is 13.1 Å². The molecule has 0 unspecified atom stereocenters. The van der Waals surface area contributed by atoms with Crippen LogP contribution in [-0.2, 0) is 11.3 Å². The lowest BCUT2D eigenvalue weighted by molar-refractivity contribution is -0.121. The summed E-state index contributed by atoms with van der Waals surface area (Å²) in [7, 11) is 1.44. The van der Waals surface area contributed by atoms with Gasteiger partial charge in [-0.3, -0.25) is 14.2 Å². The number of rotatable bonds is 3. The molecule has 118 valence electrons. The molecule has 1 amide bonds. The van der Waals surface area contributed by atoms with Crippen LogP contribution in [0.5, 0.6) is 0 Å². The molecule has 0 radical (unpaired) electrons. The number of amides is 1. The highest BCUT2D eigenvalue weighted by Crippen LogP contribution is 2.16. The fraction of sp³-hybridized carbons (Fsp3) is 0.154. The minimum Gasteiger partial charge on any atom is -0.358 e. The maximum atomic E-state index is 13.8. The van der Waals surface area contributed by atoms with Crippen molar-refractivity contribution in [3.05, 3.63) is 46.5 Å². The largest absolute Gasteiger partial charge is 0.358 e. The van der Waals surface area contributed by atoms with Gasteiger partial charge < -0.3 is 5.32 Å². The Morgan fingerprint density at radius 1 is 1.35 bits per heavy atom. The number of hydrogen-bond donors (Lipinski definition) is 1. The number of likely N-dealkylation sites (N-methyl/N-ethyl adjacent to an activating group) is 1. The van der Waals surface area contributed by atoms with Crippen molar-refractivity contribution in [2.24, 2.45) is 0 Å². The van der Waals surface area contributed by atoms with Gasteiger partial charge in [0.05, 0.1) is 0 Å². The number of halogens is 2. The van der Waals surface area contributed by atoms with Gasteiger partial charge in [-0.1, -0.05) is 5.21 Å². The zero-order valence-electron chi connectivity index (χ0n) is 11.8. The number of nitrogens with one attached hydrogen (secondary N) is 1. The second-order valence-corrected chi connectivity index (χ2v) is 4.62. The summed E-state index contributed by atoms with van der Waals surface area (Å²) in [5.74, 6) is -1.99. The lowest BCUT2D eigenvalue weighted by Gasteiger charge is -2.05. The number of fused-ring (bicyclic) bond motifs is 1. The highest BCUT2D eigenvalue weighted by atomic mass is 19.1. The molecule has 0 saturated carbocycles. The van der Waals surface area contributed by atoms with E-state index >= 15 is 0 Å². The lowest BCUT2D eigenvalue weighted by Crippen LogP contribution is -2.30. The van der Waals surface area contributed by atoms with Gasteiger partial charge in [0.2, 0.25) is 5.91 Å². The van der Waals surface area contributed by atoms with Crippen molar-refractivity contribution in [3.8, 4) is 5.69 Å². The molecule has 3 aromatic rings. The van der Waals surface area contributed by atoms with E-state index < -0.39 is 17.2 Å². The topological polar surface area (TPSA) is 94.7 Å². The molecule has 0 bridgehead atoms. The average Bonchev–Trinajstić information content (AvgIpc) is 2.94. The molecular weight excluding hydrogens is 310 g/mol. The third-order valence-electron chi connectivity index (χ3n) is 3.16. The van der Waals surface area contributed by atoms with E-state index in [1.54, 1.807) is 0 Å². The van der Waals surface area contributed by atoms with Gasteiger partial charge in [0.25, 0.3) is 5.56 Å². The van der Waals surface area contributed by atoms with E-state index in [2.05, 4.69) is 20.6 Å². The zero-order chi connectivity index (χ0) is 16.6. The number of carbonyl (C=O) groups is 1. The van der Waals surface area contributed by atoms with Crippen LogP contribution in [0.1, 0.15) is 0 Å². The second-order valence-electron chi connectivity index (χ2n) is 4.62. The van der Waals surface area contributed by atoms with Gasteiger partial charge in [0.1, 0.15) is 24.4 Å². The van der Waals surface area contributed by atoms with Crippen molar-refractivity contribution in [1.82, 2.24) is 29.9 Å². The zero-order valence-corrected chi connectivity index (χ0v) is 11.8. The third kappa shape index (κ3) is 2.54. The first-order chi connectivity index (χ1) is 11.0. The molecule has 0 atom stereocenters. The van der Waals surface area contributed by atoms with Crippen LogP contribution in [0, 0.1) is 11.6 Å². The average molecular weight is 320 g/mol. The van der Waals surface area contributed by atoms with Crippen LogP contribution in [0.2, 0.25) is 0 Å². The van der Waals surface area contributed by atoms with E-state index in [0.29, 0.717) is 6.07 Å². The molecular formula is C13H10F2N6O2. The molecule has 0 fully saturated rings. The standard InChI is InChI=1S/C13H10F2N6O2/c1-16-10(22)5-20-6-17-12-11(13(20)23)18-19-21(12)9-3-2-7(14)4-8(9)15/h2-4,6H,5H2,1H3,(H,16,22). The number of nitrogens with zero attached hydrogens (tertiary/aromatic N) is 5. The molecule has 0 aliphatic heterocycles. The van der Waals surface area contributed by atoms with Crippen LogP contribution in [-0.4, -0.2) is 37.5 Å². The minimum atomic E-state index is -0.867. The van der Waals surface area contributed by atoms with E-state index in [0.717, 1.165) is 27.7 Å². The number of hydrogen-bond acceptors (Lipinski definition) is 5. The van der Waals surface area contributed by atoms with Crippen molar-refractivity contribution in [3.63, 3.8) is 0 Å². The summed E-state index contributed by atoms with van der Waals surface area (Å²) in [6.45, 7) is -0.226. The Morgan fingerprint density at radius 2 is 2.13 bits per heavy atom. The Balaban J connectivity index is 2.14. The Kier molecular flexibility index (Phi) is 3.56. The molecule has 0 aliphatic rings. The molecule has 0 saturated heterocycles. The quantitative estimate of drug-likeness (QED) is 0.733. The molecule has 3 rings (SSSR count). The first-order valence-corrected chi connectivity index (χ1v) is 6.48. The van der Waals surface area contributed by atoms with E-state index in [-0.39, 0.29) is 29.3 Å². The summed E-state index contributed by atoms with van der Waals surface area (Å²) in [5, 5.41) is 9.74. The van der Waals surface area contributed by atoms with Crippen molar-refractivity contribution in [1.29, 1.82) is 0 Å². The Labute approximate surface area is 127 Å². The van der Waals surface area contributed by atoms with E-state index in [1.807, 2.05) is 0 Å². The van der Waals surface area contributed by atoms with E-state index in [4.69, 9.17) is 0 Å². The molecule has 1 N–H and O–H groups in total. The summed E-state index contributed by atoms with van der Waals surface area (Å²) < 4.78 is 28.9. The van der Waals surface area contributed by atoms with Gasteiger partial charge in [-0.2, -0.15) is 4.68 Å². The summed E-state index contributed by atoms with van der Waals surface area (Å²) >= 11 is 0. The van der Waals surface area contributed by atoms with Gasteiger partial charge in [-0.05, 0) is 12.1 Å². The van der Waals surface area contributed by atoms with Gasteiger partial charge >= 0.3 is 0 Å². The minimum absolute atomic E-state index is 0.00802. The second kappa shape index (κ2) is 5.55. The molecule has 0 spiro atoms. The molecule has 0 aliphatic carbocycles. The Hall–Kier alpha value is -3.17. The summed E-state index contributed by atoms with van der Waals surface area (Å²) in [5.41, 5.74) is -0.800. The van der Waals surface area contributed by atoms with E-state index in [1.165, 1.54) is 7.05 Å². The highest BCUT2D eigenvalue weighted by molar-refractivity contribution is 5.76. The first kappa shape index (κ1) is 14.8. The number of carbonyl (C=O) groups excluding carboxylic acids is 1. The fourth-order valence-corrected chi connectivity index (χ4v) is 2.01. The van der Waals surface area contributed by atoms with Gasteiger partial charge in [-0.25, -0.2) is 13.8 Å². The fourth-order valence-electron chi connectivity index (χ4n) is 2.01. The van der Waals surface area contributed by atoms with Crippen molar-refractivity contribution in [2.75, 3.05) is 7.05 Å². The Bertz CT molecular complexity index is 965. The molecule has 2 heterocycles. The van der Waals surface area contributed by atoms with Gasteiger partial charge in [0.15, 0.2) is 17.0 Å². The van der Waals surface area contributed by atoms with Crippen LogP contribution < -0.4 is 10.9 Å². The maximum absolute atomic E-state index is 13.8. The smallest absolute Gasteiger partial charge is 0.284 e. The van der Waals surface area contributed by atoms with Crippen molar-refractivity contribution >= 4 is 17.1 Å². The normalized spacial score (nSPS) is 10.9. The SMILES string of the molecule is CNC(=O)Cn1cnc2c(nnn2-c2ccc(F)cc2F)c1=O. The summed E-state index contributed by atoms with van der Waals surface area (Å²) in [6, 6.07) is 2.91. The van der Waals surface area contributed by atoms with Gasteiger partial charge in [-0.15, -0.1) is 5.10 Å². The lowest BCUT2D eigenvalue weighted by atomic mass is 10.3. The highest BCUT2D eigenvalue weighted by Gasteiger charge is 2.16. The Morgan fingerprint density at radius 3 is 2.83 bits per heavy atom. The third-order valence-corrected chi connectivity index (χ3v) is 3.16. The van der Waals surface area contributed by atoms with Crippen molar-refractivity contribution in [2.45, 2.75) is 6.54 Å². The van der Waals surface area contributed by atoms with Crippen LogP contribution in [0.3, 0.4) is 0 Å². The maximum Gasteiger partial charge on any atom is 0.284 e. The monoisotopic (exact) mass is 320 g/mol. The van der Waals surface area contributed by atoms with Crippen LogP contribution in [0.15, 0.2) is 29.3 Å². The predicted octanol–water partition coefficient (Wildman–Crippen LogP) is 0.00140. The summed E-state index contributed by atoms with van der Waals surface area (Å²) in [4.78, 5) is 27.6. The molecule has 2 aromatic heterocycles. The molecule has 8 nitrogen and oxygen atoms in total. The van der Waals surface area contributed by atoms with Crippen LogP contribution in [0.25, 0.3) is 16.9 Å². The molecule has 10 heteroatoms.